The molecule has 2 fully saturated rings. The molecule has 2 rings (SSSR count). The first-order valence-electron chi connectivity index (χ1n) is 4.82. The first-order chi connectivity index (χ1) is 5.29. The summed E-state index contributed by atoms with van der Waals surface area (Å²) in [4.78, 5) is 11.4. The maximum absolute atomic E-state index is 11.4. The Kier molecular flexibility index (Phi) is 1.74. The molecule has 0 N–H and O–H groups in total. The molecule has 3 atom stereocenters. The second-order valence-corrected chi connectivity index (χ2v) is 4.18. The maximum atomic E-state index is 11.4. The van der Waals surface area contributed by atoms with E-state index < -0.39 is 0 Å². The van der Waals surface area contributed by atoms with E-state index in [9.17, 15) is 4.79 Å². The first kappa shape index (κ1) is 7.33. The number of carbonyl (C=O) groups excluding carboxylic acids is 1. The van der Waals surface area contributed by atoms with Crippen LogP contribution in [-0.4, -0.2) is 5.78 Å². The highest BCUT2D eigenvalue weighted by Gasteiger charge is 2.39. The number of hydrogen-bond donors (Lipinski definition) is 0. The van der Waals surface area contributed by atoms with Crippen LogP contribution in [0.15, 0.2) is 0 Å². The Morgan fingerprint density at radius 1 is 1.27 bits per heavy atom. The molecule has 62 valence electrons. The molecule has 0 spiro atoms. The van der Waals surface area contributed by atoms with E-state index in [2.05, 4.69) is 6.92 Å². The van der Waals surface area contributed by atoms with Gasteiger partial charge in [-0.25, -0.2) is 0 Å². The van der Waals surface area contributed by atoms with Gasteiger partial charge in [0, 0.05) is 12.3 Å². The summed E-state index contributed by atoms with van der Waals surface area (Å²) in [6.07, 6.45) is 5.82. The van der Waals surface area contributed by atoms with Gasteiger partial charge in [-0.05, 0) is 37.5 Å². The Balaban J connectivity index is 2.13. The molecule has 2 aliphatic carbocycles. The van der Waals surface area contributed by atoms with Gasteiger partial charge in [0.05, 0.1) is 0 Å². The fraction of sp³-hybridized carbons (Fsp3) is 0.900. The minimum Gasteiger partial charge on any atom is -0.299 e. The molecule has 0 aromatic heterocycles. The molecule has 0 amide bonds. The fourth-order valence-electron chi connectivity index (χ4n) is 2.85. The SMILES string of the molecule is CC1CCC2C(=O)CCCC12. The zero-order chi connectivity index (χ0) is 7.84. The zero-order valence-corrected chi connectivity index (χ0v) is 7.18. The summed E-state index contributed by atoms with van der Waals surface area (Å²) in [6.45, 7) is 2.31. The second-order valence-electron chi connectivity index (χ2n) is 4.18. The lowest BCUT2D eigenvalue weighted by molar-refractivity contribution is -0.126. The summed E-state index contributed by atoms with van der Waals surface area (Å²) in [7, 11) is 0. The van der Waals surface area contributed by atoms with Gasteiger partial charge in [-0.15, -0.1) is 0 Å². The van der Waals surface area contributed by atoms with E-state index in [1.165, 1.54) is 19.3 Å². The van der Waals surface area contributed by atoms with Gasteiger partial charge in [-0.2, -0.15) is 0 Å². The molecule has 1 heteroatoms. The summed E-state index contributed by atoms with van der Waals surface area (Å²) in [5, 5.41) is 0. The van der Waals surface area contributed by atoms with Gasteiger partial charge in [-0.1, -0.05) is 6.92 Å². The van der Waals surface area contributed by atoms with Crippen molar-refractivity contribution in [2.45, 2.75) is 39.0 Å². The van der Waals surface area contributed by atoms with Crippen molar-refractivity contribution in [1.29, 1.82) is 0 Å². The molecule has 0 aromatic rings. The summed E-state index contributed by atoms with van der Waals surface area (Å²) in [5.74, 6) is 2.62. The lowest BCUT2D eigenvalue weighted by atomic mass is 9.78. The number of Topliss-reactive ketones (excluding diaryl/α,β-unsaturated/α-hetero) is 1. The van der Waals surface area contributed by atoms with Crippen molar-refractivity contribution < 1.29 is 4.79 Å². The Morgan fingerprint density at radius 2 is 2.09 bits per heavy atom. The maximum Gasteiger partial charge on any atom is 0.136 e. The molecular weight excluding hydrogens is 136 g/mol. The van der Waals surface area contributed by atoms with E-state index in [4.69, 9.17) is 0 Å². The minimum atomic E-state index is 0.471. The standard InChI is InChI=1S/C10H16O/c1-7-5-6-9-8(7)3-2-4-10(9)11/h7-9H,2-6H2,1H3. The van der Waals surface area contributed by atoms with Crippen molar-refractivity contribution in [2.24, 2.45) is 17.8 Å². The van der Waals surface area contributed by atoms with Crippen LogP contribution in [0.2, 0.25) is 0 Å². The Labute approximate surface area is 68.2 Å². The highest BCUT2D eigenvalue weighted by atomic mass is 16.1. The molecule has 3 unspecified atom stereocenters. The van der Waals surface area contributed by atoms with Gasteiger partial charge in [-0.3, -0.25) is 4.79 Å². The zero-order valence-electron chi connectivity index (χ0n) is 7.18. The van der Waals surface area contributed by atoms with Crippen LogP contribution in [0.1, 0.15) is 39.0 Å². The van der Waals surface area contributed by atoms with Crippen LogP contribution in [0, 0.1) is 17.8 Å². The molecule has 0 radical (unpaired) electrons. The Hall–Kier alpha value is -0.330. The van der Waals surface area contributed by atoms with Gasteiger partial charge in [0.15, 0.2) is 0 Å². The van der Waals surface area contributed by atoms with Crippen LogP contribution in [0.4, 0.5) is 0 Å². The molecule has 0 aromatic carbocycles. The van der Waals surface area contributed by atoms with E-state index in [1.54, 1.807) is 0 Å². The van der Waals surface area contributed by atoms with Gasteiger partial charge in [0.2, 0.25) is 0 Å². The highest BCUT2D eigenvalue weighted by molar-refractivity contribution is 5.82. The summed E-state index contributed by atoms with van der Waals surface area (Å²) in [5.41, 5.74) is 0. The van der Waals surface area contributed by atoms with Crippen LogP contribution in [0.5, 0.6) is 0 Å². The van der Waals surface area contributed by atoms with Crippen molar-refractivity contribution in [1.82, 2.24) is 0 Å². The number of carbonyl (C=O) groups is 1. The summed E-state index contributed by atoms with van der Waals surface area (Å²) >= 11 is 0. The van der Waals surface area contributed by atoms with E-state index in [-0.39, 0.29) is 0 Å². The second kappa shape index (κ2) is 2.62. The molecule has 2 aliphatic rings. The third kappa shape index (κ3) is 1.11. The van der Waals surface area contributed by atoms with E-state index in [1.807, 2.05) is 0 Å². The van der Waals surface area contributed by atoms with E-state index in [0.717, 1.165) is 24.7 Å². The van der Waals surface area contributed by atoms with Gasteiger partial charge in [0.25, 0.3) is 0 Å². The van der Waals surface area contributed by atoms with Crippen LogP contribution >= 0.6 is 0 Å². The number of hydrogen-bond acceptors (Lipinski definition) is 1. The molecular formula is C10H16O. The Bertz CT molecular complexity index is 174. The first-order valence-corrected chi connectivity index (χ1v) is 4.82. The van der Waals surface area contributed by atoms with Crippen molar-refractivity contribution in [3.05, 3.63) is 0 Å². The minimum absolute atomic E-state index is 0.471. The van der Waals surface area contributed by atoms with Crippen molar-refractivity contribution in [3.63, 3.8) is 0 Å². The molecule has 0 aliphatic heterocycles. The van der Waals surface area contributed by atoms with Crippen LogP contribution in [0.25, 0.3) is 0 Å². The number of ketones is 1. The Morgan fingerprint density at radius 3 is 2.82 bits per heavy atom. The lowest BCUT2D eigenvalue weighted by Gasteiger charge is -2.26. The topological polar surface area (TPSA) is 17.1 Å². The average molecular weight is 152 g/mol. The predicted octanol–water partition coefficient (Wildman–Crippen LogP) is 2.40. The van der Waals surface area contributed by atoms with E-state index in [0.29, 0.717) is 11.7 Å². The van der Waals surface area contributed by atoms with Crippen LogP contribution in [-0.2, 0) is 4.79 Å². The molecule has 1 nitrogen and oxygen atoms in total. The van der Waals surface area contributed by atoms with Gasteiger partial charge >= 0.3 is 0 Å². The summed E-state index contributed by atoms with van der Waals surface area (Å²) in [6, 6.07) is 0. The highest BCUT2D eigenvalue weighted by Crippen LogP contribution is 2.43. The lowest BCUT2D eigenvalue weighted by Crippen LogP contribution is -2.26. The number of rotatable bonds is 0. The normalized spacial score (nSPS) is 44.1. The largest absolute Gasteiger partial charge is 0.299 e. The monoisotopic (exact) mass is 152 g/mol. The van der Waals surface area contributed by atoms with Gasteiger partial charge in [0.1, 0.15) is 5.78 Å². The number of fused-ring (bicyclic) bond motifs is 1. The molecule has 0 bridgehead atoms. The van der Waals surface area contributed by atoms with Crippen molar-refractivity contribution in [2.75, 3.05) is 0 Å². The molecule has 0 saturated heterocycles. The van der Waals surface area contributed by atoms with Crippen molar-refractivity contribution >= 4 is 5.78 Å². The van der Waals surface area contributed by atoms with E-state index >= 15 is 0 Å². The van der Waals surface area contributed by atoms with Gasteiger partial charge < -0.3 is 0 Å². The smallest absolute Gasteiger partial charge is 0.136 e. The van der Waals surface area contributed by atoms with Crippen LogP contribution in [0.3, 0.4) is 0 Å². The van der Waals surface area contributed by atoms with Crippen molar-refractivity contribution in [3.8, 4) is 0 Å². The molecule has 11 heavy (non-hydrogen) atoms. The summed E-state index contributed by atoms with van der Waals surface area (Å²) < 4.78 is 0. The third-order valence-corrected chi connectivity index (χ3v) is 3.55. The average Bonchev–Trinajstić information content (AvgIpc) is 2.35. The molecule has 2 saturated carbocycles. The van der Waals surface area contributed by atoms with Crippen LogP contribution < -0.4 is 0 Å². The molecule has 0 heterocycles. The quantitative estimate of drug-likeness (QED) is 0.521. The predicted molar refractivity (Wildman–Crippen MR) is 44.2 cm³/mol. The third-order valence-electron chi connectivity index (χ3n) is 3.55. The fourth-order valence-corrected chi connectivity index (χ4v) is 2.85.